The quantitative estimate of drug-likeness (QED) is 0.504. The number of hydrogen-bond acceptors (Lipinski definition) is 4. The second-order valence-electron chi connectivity index (χ2n) is 3.22. The van der Waals surface area contributed by atoms with E-state index in [1.807, 2.05) is 18.2 Å². The third kappa shape index (κ3) is 9.61. The summed E-state index contributed by atoms with van der Waals surface area (Å²) in [4.78, 5) is 0. The molecule has 0 saturated heterocycles. The summed E-state index contributed by atoms with van der Waals surface area (Å²) in [5.74, 6) is 0. The van der Waals surface area contributed by atoms with E-state index in [1.54, 1.807) is 0 Å². The number of nitrogens with one attached hydrogen (secondary N) is 1. The van der Waals surface area contributed by atoms with Crippen molar-refractivity contribution < 1.29 is 10.2 Å². The molecule has 0 aliphatic carbocycles. The van der Waals surface area contributed by atoms with Crippen molar-refractivity contribution in [1.82, 2.24) is 5.32 Å². The van der Waals surface area contributed by atoms with Crippen molar-refractivity contribution in [2.24, 2.45) is 5.73 Å². The molecule has 0 radical (unpaired) electrons. The van der Waals surface area contributed by atoms with Crippen LogP contribution in [0.5, 0.6) is 0 Å². The molecule has 1 aromatic carbocycles. The van der Waals surface area contributed by atoms with Crippen molar-refractivity contribution in [3.8, 4) is 0 Å². The highest BCUT2D eigenvalue weighted by Crippen LogP contribution is 1.96. The fraction of sp³-hybridized carbons (Fsp3) is 0.500. The van der Waals surface area contributed by atoms with Gasteiger partial charge in [0.25, 0.3) is 0 Å². The number of benzene rings is 1. The zero-order valence-electron chi connectivity index (χ0n) is 9.60. The van der Waals surface area contributed by atoms with E-state index in [0.717, 1.165) is 13.0 Å². The Morgan fingerprint density at radius 3 is 2.00 bits per heavy atom. The predicted octanol–water partition coefficient (Wildman–Crippen LogP) is -0.252. The number of nitrogens with two attached hydrogens (primary N) is 1. The fourth-order valence-electron chi connectivity index (χ4n) is 1.09. The molecule has 4 heteroatoms. The van der Waals surface area contributed by atoms with Crippen molar-refractivity contribution in [3.63, 3.8) is 0 Å². The largest absolute Gasteiger partial charge is 0.395 e. The molecule has 0 aromatic heterocycles. The molecule has 0 amide bonds. The monoisotopic (exact) mass is 226 g/mol. The number of aliphatic hydroxyl groups excluding tert-OH is 2. The summed E-state index contributed by atoms with van der Waals surface area (Å²) in [6, 6.07) is 10.3. The van der Waals surface area contributed by atoms with Crippen LogP contribution >= 0.6 is 0 Å². The van der Waals surface area contributed by atoms with Crippen LogP contribution in [-0.4, -0.2) is 43.1 Å². The van der Waals surface area contributed by atoms with Crippen LogP contribution < -0.4 is 11.1 Å². The van der Waals surface area contributed by atoms with Gasteiger partial charge in [-0.2, -0.15) is 0 Å². The molecule has 1 aromatic rings. The Bertz CT molecular complexity index is 226. The van der Waals surface area contributed by atoms with Crippen molar-refractivity contribution in [3.05, 3.63) is 35.9 Å². The van der Waals surface area contributed by atoms with Crippen LogP contribution in [0.4, 0.5) is 0 Å². The molecule has 5 N–H and O–H groups in total. The summed E-state index contributed by atoms with van der Waals surface area (Å²) >= 11 is 0. The maximum atomic E-state index is 8.15. The van der Waals surface area contributed by atoms with Crippen molar-refractivity contribution in [1.29, 1.82) is 0 Å². The second kappa shape index (κ2) is 12.1. The molecule has 4 nitrogen and oxygen atoms in total. The average molecular weight is 226 g/mol. The normalized spacial score (nSPS) is 9.44. The molecule has 0 atom stereocenters. The van der Waals surface area contributed by atoms with E-state index in [0.29, 0.717) is 13.1 Å². The van der Waals surface area contributed by atoms with Gasteiger partial charge in [0.2, 0.25) is 0 Å². The van der Waals surface area contributed by atoms with Crippen molar-refractivity contribution >= 4 is 0 Å². The standard InChI is InChI=1S/C8H11N.C4H11NO2/c9-7-6-8-4-2-1-3-5-8;6-3-1-5-2-4-7/h1-5H,6-7,9H2;5-7H,1-4H2. The molecular weight excluding hydrogens is 204 g/mol. The lowest BCUT2D eigenvalue weighted by Gasteiger charge is -1.94. The molecule has 0 fully saturated rings. The molecule has 0 spiro atoms. The Balaban J connectivity index is 0.000000293. The van der Waals surface area contributed by atoms with Gasteiger partial charge in [0.15, 0.2) is 0 Å². The number of rotatable bonds is 6. The first-order valence-corrected chi connectivity index (χ1v) is 5.51. The lowest BCUT2D eigenvalue weighted by Crippen LogP contribution is -2.21. The second-order valence-corrected chi connectivity index (χ2v) is 3.22. The molecule has 16 heavy (non-hydrogen) atoms. The van der Waals surface area contributed by atoms with E-state index in [4.69, 9.17) is 15.9 Å². The summed E-state index contributed by atoms with van der Waals surface area (Å²) in [6.45, 7) is 2.16. The summed E-state index contributed by atoms with van der Waals surface area (Å²) in [5.41, 5.74) is 6.68. The molecule has 0 bridgehead atoms. The Morgan fingerprint density at radius 1 is 1.00 bits per heavy atom. The zero-order chi connectivity index (χ0) is 12.1. The van der Waals surface area contributed by atoms with E-state index < -0.39 is 0 Å². The van der Waals surface area contributed by atoms with E-state index in [-0.39, 0.29) is 13.2 Å². The molecule has 0 aliphatic rings. The van der Waals surface area contributed by atoms with Gasteiger partial charge in [0.05, 0.1) is 13.2 Å². The van der Waals surface area contributed by atoms with Crippen LogP contribution in [0.2, 0.25) is 0 Å². The fourth-order valence-corrected chi connectivity index (χ4v) is 1.09. The predicted molar refractivity (Wildman–Crippen MR) is 66.2 cm³/mol. The van der Waals surface area contributed by atoms with Gasteiger partial charge in [-0.1, -0.05) is 30.3 Å². The topological polar surface area (TPSA) is 78.5 Å². The molecular formula is C12H22N2O2. The third-order valence-corrected chi connectivity index (χ3v) is 1.85. The van der Waals surface area contributed by atoms with Gasteiger partial charge >= 0.3 is 0 Å². The van der Waals surface area contributed by atoms with Gasteiger partial charge in [-0.25, -0.2) is 0 Å². The smallest absolute Gasteiger partial charge is 0.0555 e. The highest BCUT2D eigenvalue weighted by Gasteiger charge is 1.84. The van der Waals surface area contributed by atoms with Gasteiger partial charge in [0.1, 0.15) is 0 Å². The minimum atomic E-state index is 0.139. The summed E-state index contributed by atoms with van der Waals surface area (Å²) in [6.07, 6.45) is 0.987. The summed E-state index contributed by atoms with van der Waals surface area (Å²) in [7, 11) is 0. The van der Waals surface area contributed by atoms with Crippen molar-refractivity contribution in [2.75, 3.05) is 32.8 Å². The molecule has 0 saturated carbocycles. The highest BCUT2D eigenvalue weighted by molar-refractivity contribution is 5.14. The lowest BCUT2D eigenvalue weighted by molar-refractivity contribution is 0.267. The Kier molecular flexibility index (Phi) is 11.4. The van der Waals surface area contributed by atoms with Gasteiger partial charge in [-0.05, 0) is 18.5 Å². The first-order valence-electron chi connectivity index (χ1n) is 5.51. The summed E-state index contributed by atoms with van der Waals surface area (Å²) < 4.78 is 0. The van der Waals surface area contributed by atoms with Crippen LogP contribution in [-0.2, 0) is 6.42 Å². The van der Waals surface area contributed by atoms with Gasteiger partial charge < -0.3 is 21.3 Å². The summed E-state index contributed by atoms with van der Waals surface area (Å²) in [5, 5.41) is 19.1. The van der Waals surface area contributed by atoms with Crippen LogP contribution in [0.15, 0.2) is 30.3 Å². The zero-order valence-corrected chi connectivity index (χ0v) is 9.60. The Morgan fingerprint density at radius 2 is 1.56 bits per heavy atom. The van der Waals surface area contributed by atoms with Crippen LogP contribution in [0.3, 0.4) is 0 Å². The first-order chi connectivity index (χ1) is 7.85. The first kappa shape index (κ1) is 15.1. The van der Waals surface area contributed by atoms with E-state index in [9.17, 15) is 0 Å². The minimum Gasteiger partial charge on any atom is -0.395 e. The Hall–Kier alpha value is -0.940. The van der Waals surface area contributed by atoms with Gasteiger partial charge in [-0.3, -0.25) is 0 Å². The van der Waals surface area contributed by atoms with Crippen LogP contribution in [0, 0.1) is 0 Å². The lowest BCUT2D eigenvalue weighted by atomic mass is 10.2. The van der Waals surface area contributed by atoms with E-state index >= 15 is 0 Å². The molecule has 0 heterocycles. The van der Waals surface area contributed by atoms with Crippen LogP contribution in [0.25, 0.3) is 0 Å². The molecule has 92 valence electrons. The van der Waals surface area contributed by atoms with Crippen molar-refractivity contribution in [2.45, 2.75) is 6.42 Å². The SMILES string of the molecule is NCCc1ccccc1.OCCNCCO. The maximum Gasteiger partial charge on any atom is 0.0555 e. The van der Waals surface area contributed by atoms with Crippen LogP contribution in [0.1, 0.15) is 5.56 Å². The average Bonchev–Trinajstić information content (AvgIpc) is 2.32. The van der Waals surface area contributed by atoms with Gasteiger partial charge in [0, 0.05) is 13.1 Å². The van der Waals surface area contributed by atoms with Gasteiger partial charge in [-0.15, -0.1) is 0 Å². The van der Waals surface area contributed by atoms with E-state index in [2.05, 4.69) is 17.4 Å². The number of aliphatic hydroxyl groups is 2. The Labute approximate surface area is 97.1 Å². The maximum absolute atomic E-state index is 8.15. The molecule has 0 unspecified atom stereocenters. The third-order valence-electron chi connectivity index (χ3n) is 1.85. The minimum absolute atomic E-state index is 0.139. The number of hydrogen-bond donors (Lipinski definition) is 4. The highest BCUT2D eigenvalue weighted by atomic mass is 16.3. The van der Waals surface area contributed by atoms with E-state index in [1.165, 1.54) is 5.56 Å². The molecule has 1 rings (SSSR count). The molecule has 0 aliphatic heterocycles.